The molecule has 0 heterocycles. The Balaban J connectivity index is 1.74. The summed E-state index contributed by atoms with van der Waals surface area (Å²) in [6.45, 7) is -0.572. The quantitative estimate of drug-likeness (QED) is 0.235. The zero-order chi connectivity index (χ0) is 31.9. The van der Waals surface area contributed by atoms with E-state index in [4.69, 9.17) is 39.5 Å². The third kappa shape index (κ3) is 9.03. The van der Waals surface area contributed by atoms with Gasteiger partial charge in [-0.3, -0.25) is 13.9 Å². The molecule has 44 heavy (non-hydrogen) atoms. The van der Waals surface area contributed by atoms with Crippen molar-refractivity contribution >= 4 is 62.3 Å². The van der Waals surface area contributed by atoms with Crippen LogP contribution in [0.4, 0.5) is 5.69 Å². The van der Waals surface area contributed by atoms with E-state index in [0.717, 1.165) is 48.2 Å². The topological polar surface area (TPSA) is 96.0 Å². The van der Waals surface area contributed by atoms with Gasteiger partial charge in [-0.2, -0.15) is 0 Å². The molecule has 1 fully saturated rings. The second-order valence-electron chi connectivity index (χ2n) is 10.9. The van der Waals surface area contributed by atoms with Crippen molar-refractivity contribution in [3.63, 3.8) is 0 Å². The third-order valence-corrected chi connectivity index (χ3v) is 9.84. The third-order valence-electron chi connectivity index (χ3n) is 7.66. The first-order chi connectivity index (χ1) is 21.0. The number of nitrogens with zero attached hydrogens (tertiary/aromatic N) is 2. The molecule has 0 bridgehead atoms. The number of nitrogens with one attached hydrogen (secondary N) is 1. The lowest BCUT2D eigenvalue weighted by molar-refractivity contribution is -0.140. The van der Waals surface area contributed by atoms with Crippen LogP contribution in [0, 0.1) is 0 Å². The summed E-state index contributed by atoms with van der Waals surface area (Å²) >= 11 is 18.8. The first kappa shape index (κ1) is 33.9. The molecule has 4 rings (SSSR count). The summed E-state index contributed by atoms with van der Waals surface area (Å²) in [5, 5.41) is 4.01. The summed E-state index contributed by atoms with van der Waals surface area (Å²) < 4.78 is 32.2. The number of carbonyl (C=O) groups excluding carboxylic acids is 2. The molecule has 0 saturated heterocycles. The first-order valence-electron chi connectivity index (χ1n) is 14.3. The molecule has 0 aliphatic heterocycles. The molecule has 12 heteroatoms. The number of ether oxygens (including phenoxy) is 1. The van der Waals surface area contributed by atoms with Crippen molar-refractivity contribution in [1.29, 1.82) is 0 Å². The van der Waals surface area contributed by atoms with Gasteiger partial charge in [0.05, 0.1) is 34.1 Å². The average molecular weight is 681 g/mol. The fraction of sp³-hybridized carbons (Fsp3) is 0.375. The predicted octanol–water partition coefficient (Wildman–Crippen LogP) is 6.51. The highest BCUT2D eigenvalue weighted by Gasteiger charge is 2.34. The number of sulfonamides is 1. The molecule has 1 atom stereocenters. The molecule has 0 radical (unpaired) electrons. The fourth-order valence-corrected chi connectivity index (χ4v) is 6.77. The summed E-state index contributed by atoms with van der Waals surface area (Å²) in [6, 6.07) is 17.9. The lowest BCUT2D eigenvalue weighted by Crippen LogP contribution is -2.55. The number of carbonyl (C=O) groups is 2. The van der Waals surface area contributed by atoms with Gasteiger partial charge in [-0.25, -0.2) is 8.42 Å². The normalized spacial score (nSPS) is 14.5. The van der Waals surface area contributed by atoms with Crippen molar-refractivity contribution in [2.75, 3.05) is 24.2 Å². The minimum atomic E-state index is -3.95. The maximum atomic E-state index is 14.3. The molecule has 1 aliphatic carbocycles. The molecule has 1 aliphatic rings. The number of halogens is 3. The van der Waals surface area contributed by atoms with E-state index in [0.29, 0.717) is 21.4 Å². The van der Waals surface area contributed by atoms with Gasteiger partial charge in [0.25, 0.3) is 0 Å². The summed E-state index contributed by atoms with van der Waals surface area (Å²) in [5.41, 5.74) is 1.67. The van der Waals surface area contributed by atoms with E-state index in [1.807, 2.05) is 30.3 Å². The van der Waals surface area contributed by atoms with Gasteiger partial charge >= 0.3 is 0 Å². The molecular weight excluding hydrogens is 645 g/mol. The summed E-state index contributed by atoms with van der Waals surface area (Å²) in [4.78, 5) is 29.7. The number of methoxy groups -OCH3 is 1. The molecule has 3 aromatic carbocycles. The molecule has 3 aromatic rings. The Morgan fingerprint density at radius 3 is 2.23 bits per heavy atom. The molecule has 2 amide bonds. The van der Waals surface area contributed by atoms with Gasteiger partial charge in [-0.15, -0.1) is 0 Å². The molecule has 1 saturated carbocycles. The van der Waals surface area contributed by atoms with Crippen molar-refractivity contribution in [1.82, 2.24) is 10.2 Å². The van der Waals surface area contributed by atoms with E-state index < -0.39 is 28.5 Å². The van der Waals surface area contributed by atoms with Crippen LogP contribution in [-0.4, -0.2) is 57.1 Å². The standard InChI is InChI=1S/C32H36Cl3N3O5S/c1-43-30-16-14-25(19-28(30)35)38(44(2,41)42)21-31(39)37(20-23-13-15-26(33)27(34)17-23)29(18-22-9-5-3-6-10-22)32(40)36-24-11-7-4-8-12-24/h3,5-6,9-10,13-17,19,24,29H,4,7-8,11-12,18,20-21H2,1-2H3,(H,36,40)/t29-/m1/s1. The summed E-state index contributed by atoms with van der Waals surface area (Å²) in [5.74, 6) is -0.514. The summed E-state index contributed by atoms with van der Waals surface area (Å²) in [7, 11) is -2.50. The van der Waals surface area contributed by atoms with Crippen LogP contribution in [0.3, 0.4) is 0 Å². The fourth-order valence-electron chi connectivity index (χ4n) is 5.36. The number of rotatable bonds is 12. The Kier molecular flexibility index (Phi) is 11.8. The lowest BCUT2D eigenvalue weighted by atomic mass is 9.94. The molecule has 236 valence electrons. The van der Waals surface area contributed by atoms with Crippen LogP contribution < -0.4 is 14.4 Å². The average Bonchev–Trinajstić information content (AvgIpc) is 2.99. The van der Waals surface area contributed by atoms with Crippen molar-refractivity contribution in [2.24, 2.45) is 0 Å². The van der Waals surface area contributed by atoms with Gasteiger partial charge in [-0.05, 0) is 54.3 Å². The highest BCUT2D eigenvalue weighted by atomic mass is 35.5. The Hall–Kier alpha value is -2.98. The van der Waals surface area contributed by atoms with E-state index in [1.165, 1.54) is 30.2 Å². The van der Waals surface area contributed by atoms with Gasteiger partial charge in [0.2, 0.25) is 21.8 Å². The molecule has 0 spiro atoms. The van der Waals surface area contributed by atoms with E-state index in [-0.39, 0.29) is 35.6 Å². The maximum Gasteiger partial charge on any atom is 0.244 e. The van der Waals surface area contributed by atoms with Crippen molar-refractivity contribution < 1.29 is 22.7 Å². The number of benzene rings is 3. The highest BCUT2D eigenvalue weighted by Crippen LogP contribution is 2.31. The summed E-state index contributed by atoms with van der Waals surface area (Å²) in [6.07, 6.45) is 6.13. The van der Waals surface area contributed by atoms with Gasteiger partial charge in [-0.1, -0.05) is 90.5 Å². The van der Waals surface area contributed by atoms with Crippen LogP contribution in [0.1, 0.15) is 43.2 Å². The number of amides is 2. The monoisotopic (exact) mass is 679 g/mol. The molecule has 8 nitrogen and oxygen atoms in total. The van der Waals surface area contributed by atoms with Crippen LogP contribution in [0.25, 0.3) is 0 Å². The smallest absolute Gasteiger partial charge is 0.244 e. The van der Waals surface area contributed by atoms with Gasteiger partial charge in [0, 0.05) is 19.0 Å². The van der Waals surface area contributed by atoms with Crippen molar-refractivity contribution in [3.05, 3.63) is 92.9 Å². The van der Waals surface area contributed by atoms with Crippen LogP contribution in [0.2, 0.25) is 15.1 Å². The predicted molar refractivity (Wildman–Crippen MR) is 176 cm³/mol. The Bertz CT molecular complexity index is 1570. The van der Waals surface area contributed by atoms with E-state index in [9.17, 15) is 18.0 Å². The molecular formula is C32H36Cl3N3O5S. The van der Waals surface area contributed by atoms with Crippen LogP contribution in [-0.2, 0) is 32.6 Å². The van der Waals surface area contributed by atoms with Crippen LogP contribution in [0.5, 0.6) is 5.75 Å². The van der Waals surface area contributed by atoms with E-state index in [1.54, 1.807) is 18.2 Å². The van der Waals surface area contributed by atoms with E-state index in [2.05, 4.69) is 5.32 Å². The number of hydrogen-bond acceptors (Lipinski definition) is 5. The first-order valence-corrected chi connectivity index (χ1v) is 17.3. The second kappa shape index (κ2) is 15.3. The van der Waals surface area contributed by atoms with Crippen LogP contribution >= 0.6 is 34.8 Å². The number of anilines is 1. The minimum Gasteiger partial charge on any atom is -0.495 e. The van der Waals surface area contributed by atoms with Crippen molar-refractivity contribution in [2.45, 2.75) is 57.2 Å². The molecule has 0 aromatic heterocycles. The number of hydrogen-bond donors (Lipinski definition) is 1. The molecule has 1 N–H and O–H groups in total. The maximum absolute atomic E-state index is 14.3. The minimum absolute atomic E-state index is 0.00501. The zero-order valence-corrected chi connectivity index (χ0v) is 27.7. The van der Waals surface area contributed by atoms with Crippen molar-refractivity contribution in [3.8, 4) is 5.75 Å². The molecule has 0 unspecified atom stereocenters. The second-order valence-corrected chi connectivity index (χ2v) is 14.0. The zero-order valence-electron chi connectivity index (χ0n) is 24.6. The Morgan fingerprint density at radius 1 is 0.909 bits per heavy atom. The van der Waals surface area contributed by atoms with Gasteiger partial charge < -0.3 is 15.0 Å². The highest BCUT2D eigenvalue weighted by molar-refractivity contribution is 7.92. The lowest BCUT2D eigenvalue weighted by Gasteiger charge is -2.35. The van der Waals surface area contributed by atoms with Gasteiger partial charge in [0.15, 0.2) is 0 Å². The largest absolute Gasteiger partial charge is 0.495 e. The Morgan fingerprint density at radius 2 is 1.61 bits per heavy atom. The van der Waals surface area contributed by atoms with Crippen LogP contribution in [0.15, 0.2) is 66.7 Å². The SMILES string of the molecule is COc1ccc(N(CC(=O)N(Cc2ccc(Cl)c(Cl)c2)[C@H](Cc2ccccc2)C(=O)NC2CCCCC2)S(C)(=O)=O)cc1Cl. The van der Waals surface area contributed by atoms with Gasteiger partial charge in [0.1, 0.15) is 18.3 Å². The Labute approximate surface area is 274 Å². The van der Waals surface area contributed by atoms with E-state index >= 15 is 0 Å².